The minimum Gasteiger partial charge on any atom is -0.356 e. The number of rotatable bonds is 5. The molecule has 2 aromatic heterocycles. The van der Waals surface area contributed by atoms with Gasteiger partial charge in [0.1, 0.15) is 5.82 Å². The molecule has 1 N–H and O–H groups in total. The number of carbonyl (C=O) groups excluding carboxylic acids is 1. The van der Waals surface area contributed by atoms with Crippen molar-refractivity contribution in [1.29, 1.82) is 0 Å². The topological polar surface area (TPSA) is 62.5 Å². The highest BCUT2D eigenvalue weighted by Crippen LogP contribution is 2.27. The minimum absolute atomic E-state index is 0.0419. The molecule has 0 radical (unpaired) electrons. The Labute approximate surface area is 200 Å². The van der Waals surface area contributed by atoms with E-state index in [9.17, 15) is 4.79 Å². The lowest BCUT2D eigenvalue weighted by Crippen LogP contribution is -2.41. The average Bonchev–Trinajstić information content (AvgIpc) is 3.26. The second kappa shape index (κ2) is 9.29. The van der Waals surface area contributed by atoms with E-state index in [1.54, 1.807) is 0 Å². The van der Waals surface area contributed by atoms with Gasteiger partial charge in [-0.3, -0.25) is 4.79 Å². The number of anilines is 1. The van der Waals surface area contributed by atoms with Crippen LogP contribution in [0.2, 0.25) is 0 Å². The zero-order valence-electron chi connectivity index (χ0n) is 20.1. The molecule has 0 atom stereocenters. The predicted octanol–water partition coefficient (Wildman–Crippen LogP) is 4.85. The summed E-state index contributed by atoms with van der Waals surface area (Å²) in [5, 5.41) is 8.02. The highest BCUT2D eigenvalue weighted by Gasteiger charge is 2.26. The van der Waals surface area contributed by atoms with Gasteiger partial charge < -0.3 is 10.2 Å². The van der Waals surface area contributed by atoms with Gasteiger partial charge in [0.05, 0.1) is 5.69 Å². The van der Waals surface area contributed by atoms with Crippen LogP contribution in [-0.2, 0) is 11.3 Å². The van der Waals surface area contributed by atoms with Gasteiger partial charge in [-0.05, 0) is 39.2 Å². The van der Waals surface area contributed by atoms with Crippen LogP contribution in [0.25, 0.3) is 16.9 Å². The number of carbonyl (C=O) groups is 1. The van der Waals surface area contributed by atoms with Crippen molar-refractivity contribution in [2.24, 2.45) is 5.92 Å². The number of amides is 1. The zero-order chi connectivity index (χ0) is 23.7. The number of hydrogen-bond acceptors (Lipinski definition) is 4. The van der Waals surface area contributed by atoms with Crippen molar-refractivity contribution in [3.63, 3.8) is 0 Å². The summed E-state index contributed by atoms with van der Waals surface area (Å²) in [7, 11) is 0. The molecule has 0 bridgehead atoms. The monoisotopic (exact) mass is 453 g/mol. The average molecular weight is 454 g/mol. The molecule has 174 valence electrons. The lowest BCUT2D eigenvalue weighted by Gasteiger charge is -2.33. The van der Waals surface area contributed by atoms with Crippen molar-refractivity contribution in [1.82, 2.24) is 19.9 Å². The standard InChI is InChI=1S/C28H31N5O/c1-19-7-9-23(10-8-19)25-17-26-30-21(3)16-27(33(26)31-25)32-13-11-24(12-14-32)28(34)29-18-22-6-4-5-20(2)15-22/h4-10,15-17,24H,11-14,18H2,1-3H3,(H,29,34). The summed E-state index contributed by atoms with van der Waals surface area (Å²) in [6.45, 7) is 8.40. The largest absolute Gasteiger partial charge is 0.356 e. The zero-order valence-corrected chi connectivity index (χ0v) is 20.1. The molecule has 4 aromatic rings. The highest BCUT2D eigenvalue weighted by atomic mass is 16.1. The van der Waals surface area contributed by atoms with Gasteiger partial charge >= 0.3 is 0 Å². The number of aryl methyl sites for hydroxylation is 3. The lowest BCUT2D eigenvalue weighted by atomic mass is 9.95. The minimum atomic E-state index is 0.0419. The molecule has 5 rings (SSSR count). The number of piperidine rings is 1. The molecular formula is C28H31N5O. The SMILES string of the molecule is Cc1ccc(-c2cc3nc(C)cc(N4CCC(C(=O)NCc5cccc(C)c5)CC4)n3n2)cc1. The summed E-state index contributed by atoms with van der Waals surface area (Å²) in [5.74, 6) is 1.23. The molecule has 6 nitrogen and oxygen atoms in total. The number of benzene rings is 2. The number of fused-ring (bicyclic) bond motifs is 1. The Morgan fingerprint density at radius 1 is 0.971 bits per heavy atom. The van der Waals surface area contributed by atoms with Crippen LogP contribution in [-0.4, -0.2) is 33.6 Å². The highest BCUT2D eigenvalue weighted by molar-refractivity contribution is 5.79. The number of aromatic nitrogens is 3. The normalized spacial score (nSPS) is 14.5. The first-order valence-electron chi connectivity index (χ1n) is 12.0. The molecule has 1 saturated heterocycles. The summed E-state index contributed by atoms with van der Waals surface area (Å²) >= 11 is 0. The number of nitrogens with one attached hydrogen (secondary N) is 1. The fourth-order valence-corrected chi connectivity index (χ4v) is 4.70. The number of hydrogen-bond donors (Lipinski definition) is 1. The van der Waals surface area contributed by atoms with Crippen LogP contribution in [0.3, 0.4) is 0 Å². The molecule has 6 heteroatoms. The van der Waals surface area contributed by atoms with Crippen LogP contribution in [0.1, 0.15) is 35.2 Å². The van der Waals surface area contributed by atoms with E-state index in [4.69, 9.17) is 10.1 Å². The summed E-state index contributed by atoms with van der Waals surface area (Å²) in [6, 6.07) is 20.8. The Balaban J connectivity index is 1.28. The molecule has 0 unspecified atom stereocenters. The van der Waals surface area contributed by atoms with Gasteiger partial charge in [0.2, 0.25) is 5.91 Å². The maximum atomic E-state index is 12.8. The van der Waals surface area contributed by atoms with Gasteiger partial charge in [-0.15, -0.1) is 0 Å². The van der Waals surface area contributed by atoms with Gasteiger partial charge in [0.25, 0.3) is 0 Å². The first-order valence-corrected chi connectivity index (χ1v) is 12.0. The fraction of sp³-hybridized carbons (Fsp3) is 0.321. The molecule has 0 aliphatic carbocycles. The molecule has 0 saturated carbocycles. The van der Waals surface area contributed by atoms with Crippen LogP contribution in [0.4, 0.5) is 5.82 Å². The third kappa shape index (κ3) is 4.67. The van der Waals surface area contributed by atoms with Crippen LogP contribution in [0.15, 0.2) is 60.7 Å². The Kier molecular flexibility index (Phi) is 6.05. The molecule has 1 aliphatic rings. The third-order valence-corrected chi connectivity index (χ3v) is 6.62. The Bertz CT molecular complexity index is 1320. The molecule has 0 spiro atoms. The van der Waals surface area contributed by atoms with Crippen molar-refractivity contribution in [3.8, 4) is 11.3 Å². The van der Waals surface area contributed by atoms with E-state index in [2.05, 4.69) is 72.6 Å². The molecule has 3 heterocycles. The van der Waals surface area contributed by atoms with Crippen molar-refractivity contribution in [2.75, 3.05) is 18.0 Å². The molecular weight excluding hydrogens is 422 g/mol. The van der Waals surface area contributed by atoms with E-state index in [0.717, 1.165) is 59.9 Å². The molecule has 2 aromatic carbocycles. The third-order valence-electron chi connectivity index (χ3n) is 6.62. The van der Waals surface area contributed by atoms with E-state index in [1.165, 1.54) is 11.1 Å². The Hall–Kier alpha value is -3.67. The second-order valence-electron chi connectivity index (χ2n) is 9.39. The van der Waals surface area contributed by atoms with Crippen LogP contribution >= 0.6 is 0 Å². The maximum absolute atomic E-state index is 12.8. The van der Waals surface area contributed by atoms with E-state index < -0.39 is 0 Å². The van der Waals surface area contributed by atoms with Crippen molar-refractivity contribution < 1.29 is 4.79 Å². The van der Waals surface area contributed by atoms with Crippen LogP contribution < -0.4 is 10.2 Å². The Morgan fingerprint density at radius 3 is 2.47 bits per heavy atom. The lowest BCUT2D eigenvalue weighted by molar-refractivity contribution is -0.125. The van der Waals surface area contributed by atoms with E-state index >= 15 is 0 Å². The molecule has 34 heavy (non-hydrogen) atoms. The van der Waals surface area contributed by atoms with Crippen LogP contribution in [0.5, 0.6) is 0 Å². The van der Waals surface area contributed by atoms with Gasteiger partial charge in [-0.1, -0.05) is 59.7 Å². The first kappa shape index (κ1) is 22.1. The van der Waals surface area contributed by atoms with E-state index in [1.807, 2.05) is 23.6 Å². The van der Waals surface area contributed by atoms with Gasteiger partial charge in [-0.25, -0.2) is 4.98 Å². The van der Waals surface area contributed by atoms with Crippen molar-refractivity contribution in [3.05, 3.63) is 83.0 Å². The summed E-state index contributed by atoms with van der Waals surface area (Å²) in [6.07, 6.45) is 1.66. The van der Waals surface area contributed by atoms with E-state index in [-0.39, 0.29) is 11.8 Å². The van der Waals surface area contributed by atoms with Crippen molar-refractivity contribution in [2.45, 2.75) is 40.2 Å². The van der Waals surface area contributed by atoms with Gasteiger partial charge in [-0.2, -0.15) is 9.61 Å². The van der Waals surface area contributed by atoms with E-state index in [0.29, 0.717) is 6.54 Å². The fourth-order valence-electron chi connectivity index (χ4n) is 4.70. The first-order chi connectivity index (χ1) is 16.5. The quantitative estimate of drug-likeness (QED) is 0.469. The van der Waals surface area contributed by atoms with Gasteiger partial charge in [0, 0.05) is 48.9 Å². The molecule has 1 aliphatic heterocycles. The number of nitrogens with zero attached hydrogens (tertiary/aromatic N) is 4. The van der Waals surface area contributed by atoms with Crippen molar-refractivity contribution >= 4 is 17.4 Å². The smallest absolute Gasteiger partial charge is 0.223 e. The maximum Gasteiger partial charge on any atom is 0.223 e. The summed E-state index contributed by atoms with van der Waals surface area (Å²) in [5.41, 5.74) is 7.41. The summed E-state index contributed by atoms with van der Waals surface area (Å²) < 4.78 is 1.94. The summed E-state index contributed by atoms with van der Waals surface area (Å²) in [4.78, 5) is 19.8. The van der Waals surface area contributed by atoms with Gasteiger partial charge in [0.15, 0.2) is 5.65 Å². The predicted molar refractivity (Wildman–Crippen MR) is 136 cm³/mol. The molecule has 1 fully saturated rings. The second-order valence-corrected chi connectivity index (χ2v) is 9.39. The molecule has 1 amide bonds. The Morgan fingerprint density at radius 2 is 1.74 bits per heavy atom. The van der Waals surface area contributed by atoms with Crippen LogP contribution in [0, 0.1) is 26.7 Å².